The van der Waals surface area contributed by atoms with Crippen molar-refractivity contribution in [1.29, 1.82) is 0 Å². The van der Waals surface area contributed by atoms with Gasteiger partial charge in [-0.1, -0.05) is 30.3 Å². The number of aliphatic hydroxyl groups excluding tert-OH is 1. The molecule has 2 N–H and O–H groups in total. The number of ketones is 1. The maximum absolute atomic E-state index is 12.6. The quantitative estimate of drug-likeness (QED) is 0.800. The van der Waals surface area contributed by atoms with Gasteiger partial charge in [0.25, 0.3) is 0 Å². The molecule has 1 saturated heterocycles. The monoisotopic (exact) mass is 326 g/mol. The van der Waals surface area contributed by atoms with Crippen LogP contribution >= 0.6 is 0 Å². The fourth-order valence-corrected chi connectivity index (χ4v) is 3.72. The Morgan fingerprint density at radius 1 is 1.33 bits per heavy atom. The van der Waals surface area contributed by atoms with Gasteiger partial charge in [-0.2, -0.15) is 0 Å². The number of nitrogens with one attached hydrogen (secondary N) is 1. The van der Waals surface area contributed by atoms with Crippen molar-refractivity contribution in [2.75, 3.05) is 13.1 Å². The summed E-state index contributed by atoms with van der Waals surface area (Å²) in [6.45, 7) is 5.28. The van der Waals surface area contributed by atoms with Gasteiger partial charge in [-0.3, -0.25) is 9.69 Å². The molecule has 2 atom stereocenters. The van der Waals surface area contributed by atoms with Crippen LogP contribution in [0.4, 0.5) is 0 Å². The average molecular weight is 326 g/mol. The van der Waals surface area contributed by atoms with E-state index in [1.165, 1.54) is 0 Å². The number of aromatic amines is 1. The van der Waals surface area contributed by atoms with Crippen molar-refractivity contribution >= 4 is 5.78 Å². The van der Waals surface area contributed by atoms with Crippen molar-refractivity contribution in [2.24, 2.45) is 0 Å². The summed E-state index contributed by atoms with van der Waals surface area (Å²) in [6.07, 6.45) is 2.35. The lowest BCUT2D eigenvalue weighted by molar-refractivity contribution is 0.0863. The molecule has 24 heavy (non-hydrogen) atoms. The van der Waals surface area contributed by atoms with E-state index in [1.54, 1.807) is 0 Å². The van der Waals surface area contributed by atoms with E-state index in [-0.39, 0.29) is 11.8 Å². The third-order valence-corrected chi connectivity index (χ3v) is 4.98. The summed E-state index contributed by atoms with van der Waals surface area (Å²) in [6, 6.07) is 12.0. The highest BCUT2D eigenvalue weighted by molar-refractivity contribution is 5.98. The molecule has 2 aromatic rings. The SMILES string of the molecule is Cc1cc(C(=O)CN2CCCC2CC(O)c2ccccc2)c(C)[nH]1. The van der Waals surface area contributed by atoms with Crippen molar-refractivity contribution < 1.29 is 9.90 Å². The average Bonchev–Trinajstić information content (AvgIpc) is 3.14. The van der Waals surface area contributed by atoms with Crippen LogP contribution in [0.5, 0.6) is 0 Å². The summed E-state index contributed by atoms with van der Waals surface area (Å²) in [5, 5.41) is 10.5. The zero-order valence-electron chi connectivity index (χ0n) is 14.5. The maximum Gasteiger partial charge on any atom is 0.178 e. The highest BCUT2D eigenvalue weighted by atomic mass is 16.3. The second-order valence-corrected chi connectivity index (χ2v) is 6.84. The van der Waals surface area contributed by atoms with Crippen molar-refractivity contribution in [3.63, 3.8) is 0 Å². The molecular weight excluding hydrogens is 300 g/mol. The number of benzene rings is 1. The van der Waals surface area contributed by atoms with E-state index in [0.717, 1.165) is 41.9 Å². The Balaban J connectivity index is 1.63. The Bertz CT molecular complexity index is 693. The molecule has 0 aliphatic carbocycles. The number of aromatic nitrogens is 1. The standard InChI is InChI=1S/C20H26N2O2/c1-14-11-18(15(2)21-14)20(24)13-22-10-6-9-17(22)12-19(23)16-7-4-3-5-8-16/h3-5,7-8,11,17,19,21,23H,6,9-10,12-13H2,1-2H3. The first-order chi connectivity index (χ1) is 11.5. The molecule has 1 aliphatic heterocycles. The number of carbonyl (C=O) groups is 1. The van der Waals surface area contributed by atoms with Gasteiger partial charge in [0.2, 0.25) is 0 Å². The molecule has 0 amide bonds. The summed E-state index contributed by atoms with van der Waals surface area (Å²) in [5.41, 5.74) is 3.71. The van der Waals surface area contributed by atoms with Gasteiger partial charge >= 0.3 is 0 Å². The molecular formula is C20H26N2O2. The van der Waals surface area contributed by atoms with Gasteiger partial charge in [-0.05, 0) is 51.3 Å². The molecule has 3 rings (SSSR count). The number of aliphatic hydroxyl groups is 1. The van der Waals surface area contributed by atoms with Crippen LogP contribution < -0.4 is 0 Å². The van der Waals surface area contributed by atoms with E-state index in [1.807, 2.05) is 50.2 Å². The van der Waals surface area contributed by atoms with E-state index in [2.05, 4.69) is 9.88 Å². The number of Topliss-reactive ketones (excluding diaryl/α,β-unsaturated/α-hetero) is 1. The number of nitrogens with zero attached hydrogens (tertiary/aromatic N) is 1. The highest BCUT2D eigenvalue weighted by Crippen LogP contribution is 2.27. The van der Waals surface area contributed by atoms with Crippen LogP contribution in [0.2, 0.25) is 0 Å². The Morgan fingerprint density at radius 2 is 2.08 bits per heavy atom. The molecule has 2 heterocycles. The molecule has 1 aliphatic rings. The minimum atomic E-state index is -0.469. The molecule has 4 heteroatoms. The Morgan fingerprint density at radius 3 is 2.75 bits per heavy atom. The molecule has 1 aromatic heterocycles. The minimum absolute atomic E-state index is 0.165. The second-order valence-electron chi connectivity index (χ2n) is 6.84. The number of likely N-dealkylation sites (tertiary alicyclic amines) is 1. The van der Waals surface area contributed by atoms with Crippen LogP contribution in [-0.4, -0.2) is 39.9 Å². The van der Waals surface area contributed by atoms with E-state index >= 15 is 0 Å². The topological polar surface area (TPSA) is 56.3 Å². The van der Waals surface area contributed by atoms with Crippen LogP contribution in [0.15, 0.2) is 36.4 Å². The van der Waals surface area contributed by atoms with Gasteiger partial charge in [0.15, 0.2) is 5.78 Å². The first-order valence-electron chi connectivity index (χ1n) is 8.71. The van der Waals surface area contributed by atoms with Gasteiger partial charge in [0.05, 0.1) is 12.6 Å². The van der Waals surface area contributed by atoms with Gasteiger partial charge in [-0.15, -0.1) is 0 Å². The largest absolute Gasteiger partial charge is 0.388 e. The number of aryl methyl sites for hydroxylation is 2. The third-order valence-electron chi connectivity index (χ3n) is 4.98. The molecule has 4 nitrogen and oxygen atoms in total. The zero-order valence-corrected chi connectivity index (χ0v) is 14.5. The number of rotatable bonds is 6. The normalized spacial score (nSPS) is 19.5. The summed E-state index contributed by atoms with van der Waals surface area (Å²) in [5.74, 6) is 0.165. The van der Waals surface area contributed by atoms with E-state index in [4.69, 9.17) is 0 Å². The van der Waals surface area contributed by atoms with Crippen LogP contribution in [0, 0.1) is 13.8 Å². The molecule has 0 radical (unpaired) electrons. The molecule has 2 unspecified atom stereocenters. The summed E-state index contributed by atoms with van der Waals surface area (Å²) in [7, 11) is 0. The van der Waals surface area contributed by atoms with Crippen molar-refractivity contribution in [2.45, 2.75) is 45.3 Å². The van der Waals surface area contributed by atoms with Crippen LogP contribution in [0.25, 0.3) is 0 Å². The lowest BCUT2D eigenvalue weighted by atomic mass is 10.00. The van der Waals surface area contributed by atoms with Crippen molar-refractivity contribution in [3.05, 3.63) is 58.9 Å². The van der Waals surface area contributed by atoms with Crippen LogP contribution in [0.1, 0.15) is 52.7 Å². The highest BCUT2D eigenvalue weighted by Gasteiger charge is 2.29. The van der Waals surface area contributed by atoms with E-state index < -0.39 is 6.10 Å². The number of H-pyrrole nitrogens is 1. The summed E-state index contributed by atoms with van der Waals surface area (Å²) >= 11 is 0. The van der Waals surface area contributed by atoms with Gasteiger partial charge in [0, 0.05) is 23.0 Å². The first kappa shape index (κ1) is 16.9. The summed E-state index contributed by atoms with van der Waals surface area (Å²) < 4.78 is 0. The van der Waals surface area contributed by atoms with Gasteiger partial charge in [-0.25, -0.2) is 0 Å². The molecule has 0 saturated carbocycles. The van der Waals surface area contributed by atoms with Crippen molar-refractivity contribution in [3.8, 4) is 0 Å². The lowest BCUT2D eigenvalue weighted by Crippen LogP contribution is -2.35. The third kappa shape index (κ3) is 3.77. The fraction of sp³-hybridized carbons (Fsp3) is 0.450. The predicted octanol–water partition coefficient (Wildman–Crippen LogP) is 3.40. The molecule has 128 valence electrons. The Labute approximate surface area is 143 Å². The van der Waals surface area contributed by atoms with Crippen LogP contribution in [0.3, 0.4) is 0 Å². The number of hydrogen-bond acceptors (Lipinski definition) is 3. The predicted molar refractivity (Wildman–Crippen MR) is 95.2 cm³/mol. The van der Waals surface area contributed by atoms with E-state index in [0.29, 0.717) is 13.0 Å². The van der Waals surface area contributed by atoms with E-state index in [9.17, 15) is 9.90 Å². The maximum atomic E-state index is 12.6. The fourth-order valence-electron chi connectivity index (χ4n) is 3.72. The molecule has 1 fully saturated rings. The minimum Gasteiger partial charge on any atom is -0.388 e. The smallest absolute Gasteiger partial charge is 0.178 e. The number of hydrogen-bond donors (Lipinski definition) is 2. The second kappa shape index (κ2) is 7.32. The Kier molecular flexibility index (Phi) is 5.17. The van der Waals surface area contributed by atoms with Gasteiger partial charge < -0.3 is 10.1 Å². The zero-order chi connectivity index (χ0) is 17.1. The number of carbonyl (C=O) groups excluding carboxylic acids is 1. The summed E-state index contributed by atoms with van der Waals surface area (Å²) in [4.78, 5) is 18.0. The lowest BCUT2D eigenvalue weighted by Gasteiger charge is -2.26. The molecule has 0 spiro atoms. The Hall–Kier alpha value is -1.91. The van der Waals surface area contributed by atoms with Crippen molar-refractivity contribution in [1.82, 2.24) is 9.88 Å². The first-order valence-corrected chi connectivity index (χ1v) is 8.71. The molecule has 1 aromatic carbocycles. The van der Waals surface area contributed by atoms with Gasteiger partial charge in [0.1, 0.15) is 0 Å². The van der Waals surface area contributed by atoms with Crippen LogP contribution in [-0.2, 0) is 0 Å². The molecule has 0 bridgehead atoms.